The first kappa shape index (κ1) is 14.3. The second-order valence-corrected chi connectivity index (χ2v) is 7.01. The maximum Gasteiger partial charge on any atom is 0.160 e. The molecule has 2 aromatic heterocycles. The summed E-state index contributed by atoms with van der Waals surface area (Å²) in [6.07, 6.45) is 3.04. The van der Waals surface area contributed by atoms with Gasteiger partial charge in [0.05, 0.1) is 12.0 Å². The van der Waals surface area contributed by atoms with Crippen molar-refractivity contribution in [3.63, 3.8) is 0 Å². The number of methoxy groups -OCH3 is 1. The summed E-state index contributed by atoms with van der Waals surface area (Å²) in [7, 11) is 1.77. The Hall–Kier alpha value is -0.650. The van der Waals surface area contributed by atoms with E-state index in [1.54, 1.807) is 13.3 Å². The highest BCUT2D eigenvalue weighted by molar-refractivity contribution is 9.10. The predicted octanol–water partition coefficient (Wildman–Crippen LogP) is 3.92. The van der Waals surface area contributed by atoms with Gasteiger partial charge in [-0.2, -0.15) is 0 Å². The van der Waals surface area contributed by atoms with Gasteiger partial charge < -0.3 is 9.30 Å². The molecule has 0 bridgehead atoms. The summed E-state index contributed by atoms with van der Waals surface area (Å²) >= 11 is 9.51. The molecule has 1 aliphatic rings. The molecule has 2 unspecified atom stereocenters. The average molecular weight is 359 g/mol. The van der Waals surface area contributed by atoms with Gasteiger partial charge in [0, 0.05) is 29.2 Å². The standard InChI is InChI=1S/C14H17BrClN3O/c1-14(2)10(5-11(14)20-3)19-12(6-16)18-9-4-8(15)7-17-13(9)19/h4,7,10-11H,5-6H2,1-3H3. The van der Waals surface area contributed by atoms with Crippen molar-refractivity contribution in [2.24, 2.45) is 5.41 Å². The number of halogens is 2. The van der Waals surface area contributed by atoms with Crippen LogP contribution in [-0.4, -0.2) is 27.7 Å². The summed E-state index contributed by atoms with van der Waals surface area (Å²) in [6.45, 7) is 4.44. The lowest BCUT2D eigenvalue weighted by Gasteiger charge is -2.51. The van der Waals surface area contributed by atoms with Crippen LogP contribution < -0.4 is 0 Å². The molecule has 0 aliphatic heterocycles. The zero-order valence-electron chi connectivity index (χ0n) is 11.7. The number of ether oxygens (including phenoxy) is 1. The molecule has 108 valence electrons. The van der Waals surface area contributed by atoms with Crippen LogP contribution in [-0.2, 0) is 10.6 Å². The number of pyridine rings is 1. The molecule has 2 heterocycles. The number of hydrogen-bond acceptors (Lipinski definition) is 3. The Labute approximate surface area is 131 Å². The van der Waals surface area contributed by atoms with E-state index in [0.29, 0.717) is 11.9 Å². The van der Waals surface area contributed by atoms with Gasteiger partial charge in [0.25, 0.3) is 0 Å². The van der Waals surface area contributed by atoms with E-state index in [-0.39, 0.29) is 11.5 Å². The highest BCUT2D eigenvalue weighted by atomic mass is 79.9. The molecule has 0 saturated heterocycles. The van der Waals surface area contributed by atoms with Crippen molar-refractivity contribution in [1.82, 2.24) is 14.5 Å². The van der Waals surface area contributed by atoms with Gasteiger partial charge >= 0.3 is 0 Å². The third kappa shape index (κ3) is 1.98. The van der Waals surface area contributed by atoms with E-state index in [4.69, 9.17) is 16.3 Å². The fourth-order valence-corrected chi connectivity index (χ4v) is 3.64. The van der Waals surface area contributed by atoms with E-state index in [9.17, 15) is 0 Å². The van der Waals surface area contributed by atoms with Crippen LogP contribution in [0.1, 0.15) is 32.1 Å². The van der Waals surface area contributed by atoms with E-state index in [2.05, 4.69) is 44.3 Å². The van der Waals surface area contributed by atoms with Gasteiger partial charge in [0.2, 0.25) is 0 Å². The fraction of sp³-hybridized carbons (Fsp3) is 0.571. The Morgan fingerprint density at radius 1 is 1.55 bits per heavy atom. The molecule has 1 saturated carbocycles. The van der Waals surface area contributed by atoms with Gasteiger partial charge in [-0.15, -0.1) is 11.6 Å². The molecular weight excluding hydrogens is 342 g/mol. The number of alkyl halides is 1. The molecule has 1 aliphatic carbocycles. The van der Waals surface area contributed by atoms with Crippen LogP contribution >= 0.6 is 27.5 Å². The summed E-state index contributed by atoms with van der Waals surface area (Å²) in [5.74, 6) is 1.26. The summed E-state index contributed by atoms with van der Waals surface area (Å²) in [5.41, 5.74) is 1.83. The Kier molecular flexibility index (Phi) is 3.55. The molecule has 6 heteroatoms. The van der Waals surface area contributed by atoms with Crippen LogP contribution in [0.15, 0.2) is 16.7 Å². The molecule has 3 rings (SSSR count). The first-order valence-corrected chi connectivity index (χ1v) is 7.93. The second kappa shape index (κ2) is 4.97. The Morgan fingerprint density at radius 2 is 2.30 bits per heavy atom. The maximum atomic E-state index is 6.08. The summed E-state index contributed by atoms with van der Waals surface area (Å²) in [4.78, 5) is 9.13. The van der Waals surface area contributed by atoms with E-state index in [1.165, 1.54) is 0 Å². The molecule has 4 nitrogen and oxygen atoms in total. The Bertz CT molecular complexity index is 655. The Balaban J connectivity index is 2.12. The van der Waals surface area contributed by atoms with Crippen LogP contribution in [0.2, 0.25) is 0 Å². The van der Waals surface area contributed by atoms with Crippen LogP contribution in [0.5, 0.6) is 0 Å². The fourth-order valence-electron chi connectivity index (χ4n) is 3.13. The predicted molar refractivity (Wildman–Crippen MR) is 83.0 cm³/mol. The third-order valence-electron chi connectivity index (χ3n) is 4.41. The third-order valence-corrected chi connectivity index (χ3v) is 5.08. The molecule has 0 spiro atoms. The SMILES string of the molecule is COC1CC(n2c(CCl)nc3cc(Br)cnc32)C1(C)C. The number of imidazole rings is 1. The number of hydrogen-bond donors (Lipinski definition) is 0. The van der Waals surface area contributed by atoms with Crippen molar-refractivity contribution in [2.75, 3.05) is 7.11 Å². The first-order chi connectivity index (χ1) is 9.48. The van der Waals surface area contributed by atoms with Crippen molar-refractivity contribution in [3.05, 3.63) is 22.6 Å². The minimum Gasteiger partial charge on any atom is -0.381 e. The molecule has 1 fully saturated rings. The molecule has 0 N–H and O–H groups in total. The zero-order chi connectivity index (χ0) is 14.5. The highest BCUT2D eigenvalue weighted by Gasteiger charge is 2.50. The zero-order valence-corrected chi connectivity index (χ0v) is 14.1. The van der Waals surface area contributed by atoms with Crippen molar-refractivity contribution in [2.45, 2.75) is 38.3 Å². The molecule has 2 atom stereocenters. The monoisotopic (exact) mass is 357 g/mol. The van der Waals surface area contributed by atoms with Gasteiger partial charge in [0.1, 0.15) is 11.3 Å². The number of nitrogens with zero attached hydrogens (tertiary/aromatic N) is 3. The largest absolute Gasteiger partial charge is 0.381 e. The summed E-state index contributed by atoms with van der Waals surface area (Å²) < 4.78 is 8.65. The molecule has 2 aromatic rings. The van der Waals surface area contributed by atoms with Crippen LogP contribution in [0.4, 0.5) is 0 Å². The Morgan fingerprint density at radius 3 is 2.90 bits per heavy atom. The summed E-state index contributed by atoms with van der Waals surface area (Å²) in [5, 5.41) is 0. The average Bonchev–Trinajstić information content (AvgIpc) is 2.75. The van der Waals surface area contributed by atoms with Gasteiger partial charge in [-0.1, -0.05) is 13.8 Å². The smallest absolute Gasteiger partial charge is 0.160 e. The molecule has 0 amide bonds. The first-order valence-electron chi connectivity index (χ1n) is 6.60. The quantitative estimate of drug-likeness (QED) is 0.781. The molecular formula is C14H17BrClN3O. The van der Waals surface area contributed by atoms with Gasteiger partial charge in [-0.25, -0.2) is 9.97 Å². The molecule has 0 radical (unpaired) electrons. The lowest BCUT2D eigenvalue weighted by molar-refractivity contribution is -0.112. The minimum absolute atomic E-state index is 0.0535. The number of fused-ring (bicyclic) bond motifs is 1. The van der Waals surface area contributed by atoms with E-state index in [0.717, 1.165) is 27.9 Å². The van der Waals surface area contributed by atoms with Gasteiger partial charge in [-0.05, 0) is 28.4 Å². The van der Waals surface area contributed by atoms with E-state index in [1.807, 2.05) is 6.07 Å². The summed E-state index contributed by atoms with van der Waals surface area (Å²) in [6, 6.07) is 2.30. The van der Waals surface area contributed by atoms with E-state index < -0.39 is 0 Å². The maximum absolute atomic E-state index is 6.08. The highest BCUT2D eigenvalue weighted by Crippen LogP contribution is 2.52. The van der Waals surface area contributed by atoms with Crippen LogP contribution in [0.3, 0.4) is 0 Å². The van der Waals surface area contributed by atoms with Gasteiger partial charge in [-0.3, -0.25) is 0 Å². The lowest BCUT2D eigenvalue weighted by atomic mass is 9.64. The second-order valence-electron chi connectivity index (χ2n) is 5.83. The van der Waals surface area contributed by atoms with Crippen molar-refractivity contribution in [3.8, 4) is 0 Å². The van der Waals surface area contributed by atoms with Crippen LogP contribution in [0.25, 0.3) is 11.2 Å². The topological polar surface area (TPSA) is 39.9 Å². The van der Waals surface area contributed by atoms with Crippen LogP contribution in [0, 0.1) is 5.41 Å². The normalized spacial score (nSPS) is 24.9. The van der Waals surface area contributed by atoms with E-state index >= 15 is 0 Å². The van der Waals surface area contributed by atoms with Crippen molar-refractivity contribution < 1.29 is 4.74 Å². The minimum atomic E-state index is 0.0535. The molecule has 20 heavy (non-hydrogen) atoms. The van der Waals surface area contributed by atoms with Crippen molar-refractivity contribution >= 4 is 38.7 Å². The van der Waals surface area contributed by atoms with Gasteiger partial charge in [0.15, 0.2) is 5.65 Å². The van der Waals surface area contributed by atoms with Crippen molar-refractivity contribution in [1.29, 1.82) is 0 Å². The lowest BCUT2D eigenvalue weighted by Crippen LogP contribution is -2.51. The molecule has 0 aromatic carbocycles. The number of aromatic nitrogens is 3. The number of rotatable bonds is 3.